The van der Waals surface area contributed by atoms with E-state index < -0.39 is 6.04 Å². The Morgan fingerprint density at radius 2 is 1.89 bits per heavy atom. The fraction of sp³-hybridized carbons (Fsp3) is 0.769. The van der Waals surface area contributed by atoms with E-state index in [1.54, 1.807) is 6.92 Å². The van der Waals surface area contributed by atoms with Crippen LogP contribution < -0.4 is 5.32 Å². The van der Waals surface area contributed by atoms with E-state index in [-0.39, 0.29) is 17.7 Å². The van der Waals surface area contributed by atoms with Crippen molar-refractivity contribution < 1.29 is 19.1 Å². The average molecular weight is 255 g/mol. The Hall–Kier alpha value is -1.39. The summed E-state index contributed by atoms with van der Waals surface area (Å²) < 4.78 is 4.76. The predicted molar refractivity (Wildman–Crippen MR) is 65.9 cm³/mol. The molecule has 1 aliphatic heterocycles. The quantitative estimate of drug-likeness (QED) is 0.525. The number of unbranched alkanes of at least 4 members (excludes halogenated alkanes) is 3. The van der Waals surface area contributed by atoms with Crippen molar-refractivity contribution in [2.45, 2.75) is 57.9 Å². The summed E-state index contributed by atoms with van der Waals surface area (Å²) in [6, 6.07) is -0.449. The highest BCUT2D eigenvalue weighted by molar-refractivity contribution is 5.85. The molecule has 0 spiro atoms. The van der Waals surface area contributed by atoms with Gasteiger partial charge in [-0.05, 0) is 19.8 Å². The van der Waals surface area contributed by atoms with Gasteiger partial charge in [0, 0.05) is 19.3 Å². The van der Waals surface area contributed by atoms with Crippen molar-refractivity contribution in [2.24, 2.45) is 0 Å². The first kappa shape index (κ1) is 14.7. The van der Waals surface area contributed by atoms with E-state index in [1.807, 2.05) is 0 Å². The van der Waals surface area contributed by atoms with Crippen molar-refractivity contribution in [1.29, 1.82) is 0 Å². The van der Waals surface area contributed by atoms with Gasteiger partial charge in [0.05, 0.1) is 6.61 Å². The lowest BCUT2D eigenvalue weighted by molar-refractivity contribution is -0.141. The molecule has 1 amide bonds. The van der Waals surface area contributed by atoms with E-state index in [4.69, 9.17) is 4.74 Å². The monoisotopic (exact) mass is 255 g/mol. The molecule has 18 heavy (non-hydrogen) atoms. The molecule has 1 heterocycles. The molecule has 0 bridgehead atoms. The summed E-state index contributed by atoms with van der Waals surface area (Å²) >= 11 is 0. The number of rotatable bonds is 8. The minimum atomic E-state index is -0.449. The van der Waals surface area contributed by atoms with E-state index in [1.165, 1.54) is 0 Å². The van der Waals surface area contributed by atoms with Gasteiger partial charge in [-0.1, -0.05) is 12.8 Å². The second-order valence-corrected chi connectivity index (χ2v) is 4.69. The van der Waals surface area contributed by atoms with Crippen LogP contribution in [-0.4, -0.2) is 30.3 Å². The Balaban J connectivity index is 2.00. The number of nitrogens with one attached hydrogen (secondary N) is 1. The highest BCUT2D eigenvalue weighted by Crippen LogP contribution is 2.08. The van der Waals surface area contributed by atoms with Gasteiger partial charge in [-0.15, -0.1) is 0 Å². The largest absolute Gasteiger partial charge is 0.464 e. The highest BCUT2D eigenvalue weighted by atomic mass is 16.5. The molecule has 1 fully saturated rings. The lowest BCUT2D eigenvalue weighted by Crippen LogP contribution is -2.37. The molecule has 1 aliphatic rings. The number of ketones is 1. The molecule has 5 nitrogen and oxygen atoms in total. The normalized spacial score (nSPS) is 18.5. The van der Waals surface area contributed by atoms with E-state index in [2.05, 4.69) is 5.32 Å². The number of hydrogen-bond acceptors (Lipinski definition) is 4. The van der Waals surface area contributed by atoms with Crippen molar-refractivity contribution in [1.82, 2.24) is 5.32 Å². The first-order valence-corrected chi connectivity index (χ1v) is 6.55. The Bertz CT molecular complexity index is 314. The fourth-order valence-corrected chi connectivity index (χ4v) is 1.91. The molecule has 0 radical (unpaired) electrons. The Morgan fingerprint density at radius 3 is 2.44 bits per heavy atom. The summed E-state index contributed by atoms with van der Waals surface area (Å²) in [4.78, 5) is 33.3. The van der Waals surface area contributed by atoms with Gasteiger partial charge in [-0.2, -0.15) is 0 Å². The van der Waals surface area contributed by atoms with Crippen LogP contribution in [0.1, 0.15) is 51.9 Å². The van der Waals surface area contributed by atoms with Gasteiger partial charge in [0.25, 0.3) is 0 Å². The second kappa shape index (κ2) is 7.84. The maximum Gasteiger partial charge on any atom is 0.328 e. The molecule has 1 rings (SSSR count). The third-order valence-corrected chi connectivity index (χ3v) is 2.95. The molecule has 0 aromatic carbocycles. The first-order valence-electron chi connectivity index (χ1n) is 6.55. The van der Waals surface area contributed by atoms with Crippen LogP contribution in [0.15, 0.2) is 0 Å². The van der Waals surface area contributed by atoms with Gasteiger partial charge < -0.3 is 14.8 Å². The van der Waals surface area contributed by atoms with Crippen LogP contribution in [0.25, 0.3) is 0 Å². The maximum atomic E-state index is 11.5. The average Bonchev–Trinajstić information content (AvgIpc) is 2.69. The lowest BCUT2D eigenvalue weighted by atomic mass is 10.1. The smallest absolute Gasteiger partial charge is 0.328 e. The number of Topliss-reactive ketones (excluding diaryl/α,β-unsaturated/α-hetero) is 1. The molecule has 1 atom stereocenters. The maximum absolute atomic E-state index is 11.5. The van der Waals surface area contributed by atoms with Crippen molar-refractivity contribution >= 4 is 17.7 Å². The van der Waals surface area contributed by atoms with Crippen LogP contribution in [0.5, 0.6) is 0 Å². The zero-order chi connectivity index (χ0) is 13.4. The van der Waals surface area contributed by atoms with Gasteiger partial charge in [0.2, 0.25) is 5.91 Å². The van der Waals surface area contributed by atoms with Crippen LogP contribution in [0.4, 0.5) is 0 Å². The fourth-order valence-electron chi connectivity index (χ4n) is 1.91. The van der Waals surface area contributed by atoms with Crippen molar-refractivity contribution in [3.05, 3.63) is 0 Å². The number of hydrogen-bond donors (Lipinski definition) is 1. The number of amides is 1. The Kier molecular flexibility index (Phi) is 6.39. The topological polar surface area (TPSA) is 72.5 Å². The van der Waals surface area contributed by atoms with Crippen LogP contribution >= 0.6 is 0 Å². The minimum Gasteiger partial charge on any atom is -0.464 e. The Morgan fingerprint density at radius 1 is 1.22 bits per heavy atom. The molecular formula is C13H21NO4. The summed E-state index contributed by atoms with van der Waals surface area (Å²) in [5.74, 6) is -0.206. The van der Waals surface area contributed by atoms with E-state index >= 15 is 0 Å². The molecule has 5 heteroatoms. The van der Waals surface area contributed by atoms with E-state index in [0.29, 0.717) is 25.9 Å². The molecule has 0 aromatic heterocycles. The summed E-state index contributed by atoms with van der Waals surface area (Å²) in [7, 11) is 0. The zero-order valence-corrected chi connectivity index (χ0v) is 10.9. The van der Waals surface area contributed by atoms with E-state index in [9.17, 15) is 14.4 Å². The summed E-state index contributed by atoms with van der Waals surface area (Å²) in [6.45, 7) is 1.99. The van der Waals surface area contributed by atoms with Crippen LogP contribution in [0, 0.1) is 0 Å². The summed E-state index contributed by atoms with van der Waals surface area (Å²) in [5, 5.41) is 2.67. The highest BCUT2D eigenvalue weighted by Gasteiger charge is 2.27. The van der Waals surface area contributed by atoms with Gasteiger partial charge in [0.1, 0.15) is 11.8 Å². The molecule has 102 valence electrons. The number of cyclic esters (lactones) is 1. The third-order valence-electron chi connectivity index (χ3n) is 2.95. The minimum absolute atomic E-state index is 0.0922. The zero-order valence-electron chi connectivity index (χ0n) is 10.9. The first-order chi connectivity index (χ1) is 8.59. The van der Waals surface area contributed by atoms with Gasteiger partial charge >= 0.3 is 5.97 Å². The molecule has 1 N–H and O–H groups in total. The molecule has 0 saturated carbocycles. The van der Waals surface area contributed by atoms with Crippen molar-refractivity contribution in [3.63, 3.8) is 0 Å². The van der Waals surface area contributed by atoms with Gasteiger partial charge in [-0.25, -0.2) is 4.79 Å². The number of ether oxygens (including phenoxy) is 1. The number of carbonyl (C=O) groups excluding carboxylic acids is 3. The van der Waals surface area contributed by atoms with Crippen molar-refractivity contribution in [3.8, 4) is 0 Å². The lowest BCUT2D eigenvalue weighted by Gasteiger charge is -2.08. The molecule has 0 aromatic rings. The summed E-state index contributed by atoms with van der Waals surface area (Å²) in [5.41, 5.74) is 0. The molecular weight excluding hydrogens is 234 g/mol. The van der Waals surface area contributed by atoms with Gasteiger partial charge in [0.15, 0.2) is 0 Å². The second-order valence-electron chi connectivity index (χ2n) is 4.69. The summed E-state index contributed by atoms with van der Waals surface area (Å²) in [6.07, 6.45) is 5.23. The third kappa shape index (κ3) is 5.80. The van der Waals surface area contributed by atoms with E-state index in [0.717, 1.165) is 25.7 Å². The van der Waals surface area contributed by atoms with Crippen LogP contribution in [-0.2, 0) is 19.1 Å². The van der Waals surface area contributed by atoms with Crippen molar-refractivity contribution in [2.75, 3.05) is 6.61 Å². The number of esters is 1. The Labute approximate surface area is 107 Å². The van der Waals surface area contributed by atoms with Gasteiger partial charge in [-0.3, -0.25) is 4.79 Å². The molecule has 1 saturated heterocycles. The standard InChI is InChI=1S/C13H21NO4/c1-10(15)6-4-2-3-5-7-12(16)14-11-8-9-18-13(11)17/h11H,2-9H2,1H3,(H,14,16)/t11-/m0/s1. The predicted octanol–water partition coefficient (Wildman–Crippen LogP) is 1.35. The van der Waals surface area contributed by atoms with Crippen LogP contribution in [0.2, 0.25) is 0 Å². The van der Waals surface area contributed by atoms with Crippen LogP contribution in [0.3, 0.4) is 0 Å². The number of carbonyl (C=O) groups is 3. The molecule has 0 unspecified atom stereocenters. The molecule has 0 aliphatic carbocycles. The SMILES string of the molecule is CC(=O)CCCCCCC(=O)N[C@H]1CCOC1=O.